The second-order valence-electron chi connectivity index (χ2n) is 5.48. The number of rotatable bonds is 2. The first kappa shape index (κ1) is 13.6. The summed E-state index contributed by atoms with van der Waals surface area (Å²) in [5, 5.41) is 7.02. The van der Waals surface area contributed by atoms with Crippen LogP contribution in [0.2, 0.25) is 0 Å². The van der Waals surface area contributed by atoms with Crippen molar-refractivity contribution in [3.63, 3.8) is 0 Å². The van der Waals surface area contributed by atoms with Crippen LogP contribution in [0.25, 0.3) is 5.82 Å². The number of aromatic nitrogens is 3. The largest absolute Gasteiger partial charge is 0.324 e. The number of amides is 2. The quantitative estimate of drug-likeness (QED) is 0.922. The minimum Gasteiger partial charge on any atom is -0.324 e. The smallest absolute Gasteiger partial charge is 0.321 e. The lowest BCUT2D eigenvalue weighted by Gasteiger charge is -2.30. The Morgan fingerprint density at radius 1 is 1.43 bits per heavy atom. The summed E-state index contributed by atoms with van der Waals surface area (Å²) >= 11 is 0. The first-order chi connectivity index (χ1) is 10.2. The molecule has 1 atom stereocenters. The summed E-state index contributed by atoms with van der Waals surface area (Å²) in [6, 6.07) is 5.47. The van der Waals surface area contributed by atoms with Crippen LogP contribution < -0.4 is 5.32 Å². The number of pyridine rings is 1. The Balaban J connectivity index is 1.63. The molecule has 2 aromatic rings. The van der Waals surface area contributed by atoms with Crippen LogP contribution in [0.1, 0.15) is 19.8 Å². The molecule has 0 spiro atoms. The number of hydrogen-bond acceptors (Lipinski definition) is 3. The van der Waals surface area contributed by atoms with Gasteiger partial charge in [0.25, 0.3) is 0 Å². The second-order valence-corrected chi connectivity index (χ2v) is 5.48. The third-order valence-electron chi connectivity index (χ3n) is 3.68. The number of urea groups is 1. The summed E-state index contributed by atoms with van der Waals surface area (Å²) < 4.78 is 1.68. The first-order valence-electron chi connectivity index (χ1n) is 7.24. The van der Waals surface area contributed by atoms with Crippen molar-refractivity contribution in [2.24, 2.45) is 5.92 Å². The molecule has 21 heavy (non-hydrogen) atoms. The van der Waals surface area contributed by atoms with Gasteiger partial charge in [0.15, 0.2) is 5.82 Å². The first-order valence-corrected chi connectivity index (χ1v) is 7.24. The van der Waals surface area contributed by atoms with Crippen LogP contribution in [-0.4, -0.2) is 38.8 Å². The van der Waals surface area contributed by atoms with E-state index in [2.05, 4.69) is 22.3 Å². The summed E-state index contributed by atoms with van der Waals surface area (Å²) in [4.78, 5) is 18.4. The molecule has 1 aliphatic rings. The Hall–Kier alpha value is -2.37. The fraction of sp³-hybridized carbons (Fsp3) is 0.400. The minimum absolute atomic E-state index is 0.0461. The number of hydrogen-bond donors (Lipinski definition) is 1. The normalized spacial score (nSPS) is 18.5. The highest BCUT2D eigenvalue weighted by Gasteiger charge is 2.20. The molecule has 0 aliphatic carbocycles. The van der Waals surface area contributed by atoms with Gasteiger partial charge in [-0.25, -0.2) is 14.5 Å². The third-order valence-corrected chi connectivity index (χ3v) is 3.68. The lowest BCUT2D eigenvalue weighted by molar-refractivity contribution is 0.182. The molecule has 2 aromatic heterocycles. The van der Waals surface area contributed by atoms with Crippen molar-refractivity contribution >= 4 is 11.7 Å². The molecule has 1 fully saturated rings. The molecule has 0 radical (unpaired) electrons. The molecule has 1 unspecified atom stereocenters. The van der Waals surface area contributed by atoms with E-state index < -0.39 is 0 Å². The van der Waals surface area contributed by atoms with Crippen molar-refractivity contribution in [3.05, 3.63) is 36.8 Å². The SMILES string of the molecule is CC1CCCN(C(=O)Nc2ccc(-n3cccn3)nc2)C1. The van der Waals surface area contributed by atoms with Gasteiger partial charge in [-0.1, -0.05) is 6.92 Å². The number of carbonyl (C=O) groups is 1. The molecule has 3 rings (SSSR count). The molecule has 2 amide bonds. The van der Waals surface area contributed by atoms with Crippen LogP contribution in [0.4, 0.5) is 10.5 Å². The number of likely N-dealkylation sites (tertiary alicyclic amines) is 1. The van der Waals surface area contributed by atoms with Gasteiger partial charge in [0, 0.05) is 25.5 Å². The van der Waals surface area contributed by atoms with Crippen molar-refractivity contribution in [1.29, 1.82) is 0 Å². The van der Waals surface area contributed by atoms with Gasteiger partial charge in [-0.3, -0.25) is 0 Å². The zero-order valence-corrected chi connectivity index (χ0v) is 12.1. The van der Waals surface area contributed by atoms with E-state index in [1.54, 1.807) is 17.1 Å². The number of carbonyl (C=O) groups excluding carboxylic acids is 1. The summed E-state index contributed by atoms with van der Waals surface area (Å²) in [6.07, 6.45) is 7.46. The van der Waals surface area contributed by atoms with Crippen LogP contribution in [0, 0.1) is 5.92 Å². The maximum absolute atomic E-state index is 12.2. The molecular weight excluding hydrogens is 266 g/mol. The Kier molecular flexibility index (Phi) is 3.85. The fourth-order valence-electron chi connectivity index (χ4n) is 2.58. The maximum Gasteiger partial charge on any atom is 0.321 e. The number of nitrogens with zero attached hydrogens (tertiary/aromatic N) is 4. The predicted octanol–water partition coefficient (Wildman–Crippen LogP) is 2.53. The van der Waals surface area contributed by atoms with Crippen LogP contribution in [0.3, 0.4) is 0 Å². The molecule has 6 heteroatoms. The fourth-order valence-corrected chi connectivity index (χ4v) is 2.58. The molecule has 3 heterocycles. The molecule has 0 saturated carbocycles. The van der Waals surface area contributed by atoms with E-state index in [9.17, 15) is 4.79 Å². The second kappa shape index (κ2) is 5.95. The van der Waals surface area contributed by atoms with Gasteiger partial charge in [-0.2, -0.15) is 5.10 Å². The van der Waals surface area contributed by atoms with Crippen molar-refractivity contribution < 1.29 is 4.79 Å². The molecule has 1 saturated heterocycles. The van der Waals surface area contributed by atoms with Crippen LogP contribution >= 0.6 is 0 Å². The standard InChI is InChI=1S/C15H19N5O/c1-12-4-2-8-19(11-12)15(21)18-13-5-6-14(16-10-13)20-9-3-7-17-20/h3,5-7,9-10,12H,2,4,8,11H2,1H3,(H,18,21). The van der Waals surface area contributed by atoms with Gasteiger partial charge in [-0.15, -0.1) is 0 Å². The average molecular weight is 285 g/mol. The van der Waals surface area contributed by atoms with E-state index in [-0.39, 0.29) is 6.03 Å². The van der Waals surface area contributed by atoms with Crippen LogP contribution in [0.15, 0.2) is 36.8 Å². The van der Waals surface area contributed by atoms with E-state index in [0.717, 1.165) is 25.3 Å². The minimum atomic E-state index is -0.0461. The average Bonchev–Trinajstić information content (AvgIpc) is 3.02. The molecule has 1 N–H and O–H groups in total. The van der Waals surface area contributed by atoms with Gasteiger partial charge in [-0.05, 0) is 37.0 Å². The predicted molar refractivity (Wildman–Crippen MR) is 80.3 cm³/mol. The molecule has 1 aliphatic heterocycles. The van der Waals surface area contributed by atoms with Crippen molar-refractivity contribution in [3.8, 4) is 5.82 Å². The summed E-state index contributed by atoms with van der Waals surface area (Å²) in [5.41, 5.74) is 0.703. The molecular formula is C15H19N5O. The highest BCUT2D eigenvalue weighted by atomic mass is 16.2. The summed E-state index contributed by atoms with van der Waals surface area (Å²) in [7, 11) is 0. The van der Waals surface area contributed by atoms with Gasteiger partial charge >= 0.3 is 6.03 Å². The number of piperidine rings is 1. The van der Waals surface area contributed by atoms with E-state index in [0.29, 0.717) is 11.6 Å². The van der Waals surface area contributed by atoms with Crippen LogP contribution in [0.5, 0.6) is 0 Å². The van der Waals surface area contributed by atoms with E-state index in [1.165, 1.54) is 6.42 Å². The van der Waals surface area contributed by atoms with Gasteiger partial charge in [0.1, 0.15) is 0 Å². The third kappa shape index (κ3) is 3.21. The Morgan fingerprint density at radius 3 is 3.00 bits per heavy atom. The Labute approximate surface area is 123 Å². The number of anilines is 1. The topological polar surface area (TPSA) is 63.1 Å². The highest BCUT2D eigenvalue weighted by Crippen LogP contribution is 2.17. The molecule has 0 bridgehead atoms. The monoisotopic (exact) mass is 285 g/mol. The molecule has 0 aromatic carbocycles. The lowest BCUT2D eigenvalue weighted by atomic mass is 10.0. The highest BCUT2D eigenvalue weighted by molar-refractivity contribution is 5.89. The maximum atomic E-state index is 12.2. The van der Waals surface area contributed by atoms with E-state index in [1.807, 2.05) is 29.3 Å². The molecule has 110 valence electrons. The van der Waals surface area contributed by atoms with Crippen molar-refractivity contribution in [2.75, 3.05) is 18.4 Å². The number of nitrogens with one attached hydrogen (secondary N) is 1. The summed E-state index contributed by atoms with van der Waals surface area (Å²) in [6.45, 7) is 3.83. The van der Waals surface area contributed by atoms with Gasteiger partial charge in [0.05, 0.1) is 11.9 Å². The summed E-state index contributed by atoms with van der Waals surface area (Å²) in [5.74, 6) is 1.30. The Morgan fingerprint density at radius 2 is 2.33 bits per heavy atom. The molecule has 6 nitrogen and oxygen atoms in total. The van der Waals surface area contributed by atoms with Crippen LogP contribution in [-0.2, 0) is 0 Å². The van der Waals surface area contributed by atoms with Crippen molar-refractivity contribution in [1.82, 2.24) is 19.7 Å². The lowest BCUT2D eigenvalue weighted by Crippen LogP contribution is -2.41. The zero-order chi connectivity index (χ0) is 14.7. The zero-order valence-electron chi connectivity index (χ0n) is 12.1. The Bertz CT molecular complexity index is 593. The van der Waals surface area contributed by atoms with Gasteiger partial charge in [0.2, 0.25) is 0 Å². The van der Waals surface area contributed by atoms with E-state index >= 15 is 0 Å². The van der Waals surface area contributed by atoms with Crippen molar-refractivity contribution in [2.45, 2.75) is 19.8 Å². The van der Waals surface area contributed by atoms with Gasteiger partial charge < -0.3 is 10.2 Å². The van der Waals surface area contributed by atoms with E-state index in [4.69, 9.17) is 0 Å².